The van der Waals surface area contributed by atoms with Crippen molar-refractivity contribution in [3.8, 4) is 5.75 Å². The molecule has 246 valence electrons. The Labute approximate surface area is 267 Å². The van der Waals surface area contributed by atoms with Crippen LogP contribution in [0.15, 0.2) is 34.8 Å². The van der Waals surface area contributed by atoms with E-state index in [1.165, 1.54) is 24.5 Å². The molecule has 0 aliphatic carbocycles. The van der Waals surface area contributed by atoms with E-state index in [4.69, 9.17) is 10.5 Å². The summed E-state index contributed by atoms with van der Waals surface area (Å²) >= 11 is 0.999. The summed E-state index contributed by atoms with van der Waals surface area (Å²) in [4.78, 5) is 38.0. The number of esters is 1. The van der Waals surface area contributed by atoms with Crippen LogP contribution in [0.4, 0.5) is 24.1 Å². The third kappa shape index (κ3) is 7.88. The van der Waals surface area contributed by atoms with Crippen LogP contribution in [-0.4, -0.2) is 79.8 Å². The lowest BCUT2D eigenvalue weighted by Gasteiger charge is -2.27. The van der Waals surface area contributed by atoms with Crippen molar-refractivity contribution in [2.24, 2.45) is 0 Å². The molecule has 0 bridgehead atoms. The Balaban J connectivity index is 0.00000461. The molecule has 0 radical (unpaired) electrons. The number of anilines is 2. The van der Waals surface area contributed by atoms with Gasteiger partial charge in [0.1, 0.15) is 23.7 Å². The maximum atomic E-state index is 13.5. The summed E-state index contributed by atoms with van der Waals surface area (Å²) in [6, 6.07) is 1.45. The van der Waals surface area contributed by atoms with Crippen LogP contribution in [0.5, 0.6) is 5.75 Å². The Morgan fingerprint density at radius 3 is 2.64 bits per heavy atom. The van der Waals surface area contributed by atoms with Crippen molar-refractivity contribution in [2.45, 2.75) is 61.7 Å². The van der Waals surface area contributed by atoms with E-state index in [1.807, 2.05) is 4.90 Å². The molecule has 1 amide bonds. The van der Waals surface area contributed by atoms with E-state index in [2.05, 4.69) is 19.4 Å². The number of nitrogen functional groups attached to an aromatic ring is 1. The standard InChI is InChI=1S/C27H31F3N6O6S2.ClH/c1-2-11-41-25(38)20(13-17-12-16-5-7-32-23(31)18(16)14-21(17)42-27(28,29)30)36-10-6-19(24(36)37)34-44(39,40)22-15-33-26(43-22)35-8-3-4-9-35;/h5,7,12,14-15,19-20,34H,2-4,6,8-11,13H2,1H3,(H2,31,32);1H/t19-,20+;/m0./s1. The first-order valence-electron chi connectivity index (χ1n) is 14.0. The molecule has 4 heterocycles. The molecule has 0 saturated carbocycles. The number of aromatic nitrogens is 2. The second-order valence-electron chi connectivity index (χ2n) is 10.5. The number of alkyl halides is 3. The van der Waals surface area contributed by atoms with Gasteiger partial charge >= 0.3 is 12.3 Å². The number of likely N-dealkylation sites (tertiary alicyclic amines) is 1. The van der Waals surface area contributed by atoms with Crippen LogP contribution in [-0.2, 0) is 30.8 Å². The van der Waals surface area contributed by atoms with Crippen molar-refractivity contribution < 1.29 is 40.7 Å². The number of hydrogen-bond donors (Lipinski definition) is 2. The predicted molar refractivity (Wildman–Crippen MR) is 163 cm³/mol. The number of nitrogens with zero attached hydrogens (tertiary/aromatic N) is 4. The Morgan fingerprint density at radius 1 is 1.22 bits per heavy atom. The molecule has 12 nitrogen and oxygen atoms in total. The number of carbonyl (C=O) groups is 2. The highest BCUT2D eigenvalue weighted by molar-refractivity contribution is 7.91. The van der Waals surface area contributed by atoms with Crippen LogP contribution in [0, 0.1) is 0 Å². The minimum absolute atomic E-state index is 0. The van der Waals surface area contributed by atoms with Crippen LogP contribution in [0.3, 0.4) is 0 Å². The number of sulfonamides is 1. The van der Waals surface area contributed by atoms with Crippen LogP contribution < -0.4 is 20.1 Å². The molecule has 2 saturated heterocycles. The molecule has 18 heteroatoms. The average molecular weight is 693 g/mol. The number of rotatable bonds is 11. The fourth-order valence-corrected chi connectivity index (χ4v) is 7.68. The van der Waals surface area contributed by atoms with Gasteiger partial charge in [0, 0.05) is 37.6 Å². The fraction of sp³-hybridized carbons (Fsp3) is 0.481. The zero-order valence-electron chi connectivity index (χ0n) is 24.1. The number of nitrogens with one attached hydrogen (secondary N) is 1. The van der Waals surface area contributed by atoms with E-state index < -0.39 is 52.5 Å². The maximum Gasteiger partial charge on any atom is 0.573 e. The Morgan fingerprint density at radius 2 is 1.96 bits per heavy atom. The van der Waals surface area contributed by atoms with Gasteiger partial charge in [-0.15, -0.1) is 25.6 Å². The molecule has 2 aromatic heterocycles. The van der Waals surface area contributed by atoms with Gasteiger partial charge in [-0.25, -0.2) is 23.2 Å². The monoisotopic (exact) mass is 692 g/mol. The van der Waals surface area contributed by atoms with E-state index >= 15 is 0 Å². The SMILES string of the molecule is CCCOC(=O)[C@@H](Cc1cc2ccnc(N)c2cc1OC(F)(F)F)N1CC[C@H](NS(=O)(=O)c2cnc(N3CCCC3)s2)C1=O.Cl. The van der Waals surface area contributed by atoms with Gasteiger partial charge in [0.2, 0.25) is 5.91 Å². The summed E-state index contributed by atoms with van der Waals surface area (Å²) in [7, 11) is -4.13. The third-order valence-corrected chi connectivity index (χ3v) is 10.4. The summed E-state index contributed by atoms with van der Waals surface area (Å²) < 4.78 is 78.5. The average Bonchev–Trinajstić information content (AvgIpc) is 3.73. The molecule has 3 aromatic rings. The lowest BCUT2D eigenvalue weighted by molar-refractivity contribution is -0.274. The van der Waals surface area contributed by atoms with Gasteiger partial charge in [0.15, 0.2) is 9.34 Å². The van der Waals surface area contributed by atoms with E-state index in [9.17, 15) is 31.2 Å². The van der Waals surface area contributed by atoms with Crippen molar-refractivity contribution >= 4 is 67.4 Å². The number of carbonyl (C=O) groups excluding carboxylic acids is 2. The minimum Gasteiger partial charge on any atom is -0.464 e. The summed E-state index contributed by atoms with van der Waals surface area (Å²) in [6.45, 7) is 3.30. The molecule has 3 N–H and O–H groups in total. The number of nitrogens with two attached hydrogens (primary N) is 1. The van der Waals surface area contributed by atoms with Gasteiger partial charge in [0.05, 0.1) is 12.8 Å². The summed E-state index contributed by atoms with van der Waals surface area (Å²) in [5.41, 5.74) is 5.83. The summed E-state index contributed by atoms with van der Waals surface area (Å²) in [5.74, 6) is -2.17. The molecule has 2 aliphatic heterocycles. The number of halogens is 4. The van der Waals surface area contributed by atoms with Crippen molar-refractivity contribution in [1.29, 1.82) is 0 Å². The van der Waals surface area contributed by atoms with E-state index in [0.29, 0.717) is 16.9 Å². The van der Waals surface area contributed by atoms with Crippen LogP contribution in [0.25, 0.3) is 10.8 Å². The highest BCUT2D eigenvalue weighted by Gasteiger charge is 2.42. The number of thiazole rings is 1. The van der Waals surface area contributed by atoms with Gasteiger partial charge in [-0.05, 0) is 54.8 Å². The van der Waals surface area contributed by atoms with E-state index in [0.717, 1.165) is 48.2 Å². The van der Waals surface area contributed by atoms with Crippen molar-refractivity contribution in [3.63, 3.8) is 0 Å². The molecule has 0 unspecified atom stereocenters. The normalized spacial score (nSPS) is 17.9. The lowest BCUT2D eigenvalue weighted by atomic mass is 10.00. The summed E-state index contributed by atoms with van der Waals surface area (Å²) in [5, 5.41) is 1.23. The largest absolute Gasteiger partial charge is 0.573 e. The number of ether oxygens (including phenoxy) is 2. The maximum absolute atomic E-state index is 13.5. The number of amides is 1. The second-order valence-corrected chi connectivity index (χ2v) is 13.4. The van der Waals surface area contributed by atoms with Gasteiger partial charge in [-0.1, -0.05) is 18.3 Å². The predicted octanol–water partition coefficient (Wildman–Crippen LogP) is 3.64. The number of benzene rings is 1. The highest BCUT2D eigenvalue weighted by atomic mass is 35.5. The summed E-state index contributed by atoms with van der Waals surface area (Å²) in [6.07, 6.45) is -0.358. The molecule has 2 fully saturated rings. The number of pyridine rings is 1. The smallest absolute Gasteiger partial charge is 0.464 e. The van der Waals surface area contributed by atoms with Gasteiger partial charge in [0.25, 0.3) is 10.0 Å². The molecule has 1 aromatic carbocycles. The Kier molecular flexibility index (Phi) is 10.7. The molecule has 2 atom stereocenters. The van der Waals surface area contributed by atoms with Gasteiger partial charge in [-0.2, -0.15) is 4.72 Å². The lowest BCUT2D eigenvalue weighted by Crippen LogP contribution is -2.48. The first-order chi connectivity index (χ1) is 20.9. The van der Waals surface area contributed by atoms with E-state index in [1.54, 1.807) is 6.92 Å². The molecule has 45 heavy (non-hydrogen) atoms. The zero-order chi connectivity index (χ0) is 31.6. The topological polar surface area (TPSA) is 157 Å². The van der Waals surface area contributed by atoms with Crippen molar-refractivity contribution in [3.05, 3.63) is 36.2 Å². The molecule has 2 aliphatic rings. The Hall–Kier alpha value is -3.41. The fourth-order valence-electron chi connectivity index (χ4n) is 5.27. The minimum atomic E-state index is -5.06. The number of hydrogen-bond acceptors (Lipinski definition) is 11. The van der Waals surface area contributed by atoms with Crippen LogP contribution in [0.1, 0.15) is 38.2 Å². The second kappa shape index (κ2) is 13.9. The third-order valence-electron chi connectivity index (χ3n) is 7.36. The van der Waals surface area contributed by atoms with Gasteiger partial charge in [-0.3, -0.25) is 4.79 Å². The van der Waals surface area contributed by atoms with Crippen LogP contribution >= 0.6 is 23.7 Å². The molecular weight excluding hydrogens is 661 g/mol. The van der Waals surface area contributed by atoms with Crippen molar-refractivity contribution in [2.75, 3.05) is 36.9 Å². The molecule has 0 spiro atoms. The molecular formula is C27H32ClF3N6O6S2. The van der Waals surface area contributed by atoms with Gasteiger partial charge < -0.3 is 25.0 Å². The first-order valence-corrected chi connectivity index (χ1v) is 16.3. The van der Waals surface area contributed by atoms with Crippen molar-refractivity contribution in [1.82, 2.24) is 19.6 Å². The van der Waals surface area contributed by atoms with E-state index in [-0.39, 0.29) is 53.0 Å². The quantitative estimate of drug-likeness (QED) is 0.285. The molecule has 5 rings (SSSR count). The Bertz CT molecular complexity index is 1650. The first kappa shape index (κ1) is 34.5. The zero-order valence-corrected chi connectivity index (χ0v) is 26.5. The highest BCUT2D eigenvalue weighted by Crippen LogP contribution is 2.35. The number of fused-ring (bicyclic) bond motifs is 1. The van der Waals surface area contributed by atoms with Crippen LogP contribution in [0.2, 0.25) is 0 Å².